The second-order valence-electron chi connectivity index (χ2n) is 11.7. The van der Waals surface area contributed by atoms with E-state index in [0.717, 1.165) is 43.2 Å². The molecule has 4 rings (SSSR count). The first-order valence-corrected chi connectivity index (χ1v) is 12.8. The van der Waals surface area contributed by atoms with Crippen molar-refractivity contribution in [2.24, 2.45) is 0 Å². The number of carbonyl (C=O) groups excluding carboxylic acids is 1. The lowest BCUT2D eigenvalue weighted by molar-refractivity contribution is 0.128. The minimum Gasteiger partial charge on any atom is -0.369 e. The van der Waals surface area contributed by atoms with Crippen LogP contribution in [0.3, 0.4) is 0 Å². The number of hydrogen-bond acceptors (Lipinski definition) is 4. The van der Waals surface area contributed by atoms with Crippen molar-refractivity contribution in [3.8, 4) is 5.69 Å². The number of hydrogen-bond donors (Lipinski definition) is 2. The van der Waals surface area contributed by atoms with E-state index in [2.05, 4.69) is 81.0 Å². The summed E-state index contributed by atoms with van der Waals surface area (Å²) in [6, 6.07) is 17.8. The molecule has 192 valence electrons. The van der Waals surface area contributed by atoms with E-state index in [1.165, 1.54) is 11.3 Å². The Morgan fingerprint density at radius 2 is 1.39 bits per heavy atom. The molecule has 0 radical (unpaired) electrons. The molecule has 1 aromatic heterocycles. The van der Waals surface area contributed by atoms with Crippen LogP contribution in [0.4, 0.5) is 22.0 Å². The van der Waals surface area contributed by atoms with Crippen molar-refractivity contribution in [2.45, 2.75) is 59.4 Å². The van der Waals surface area contributed by atoms with E-state index in [4.69, 9.17) is 5.10 Å². The van der Waals surface area contributed by atoms with E-state index < -0.39 is 0 Å². The Bertz CT molecular complexity index is 1170. The standard InChI is InChI=1S/C29H40N6O/c1-21-8-12-24(13-9-21)35-26(20-25(32-35)28(2,3)4)31-27(36)30-22-10-14-23(15-11-22)33-16-18-34(19-17-33)29(5,6)7/h8-15,20H,16-19H2,1-7H3,(H2,30,31,36). The summed E-state index contributed by atoms with van der Waals surface area (Å²) in [5, 5.41) is 10.8. The van der Waals surface area contributed by atoms with E-state index in [9.17, 15) is 4.79 Å². The Morgan fingerprint density at radius 1 is 0.806 bits per heavy atom. The second kappa shape index (κ2) is 9.97. The number of piperazine rings is 1. The minimum absolute atomic E-state index is 0.142. The van der Waals surface area contributed by atoms with Gasteiger partial charge in [-0.1, -0.05) is 38.5 Å². The summed E-state index contributed by atoms with van der Waals surface area (Å²) >= 11 is 0. The summed E-state index contributed by atoms with van der Waals surface area (Å²) in [6.07, 6.45) is 0. The third kappa shape index (κ3) is 6.08. The molecule has 36 heavy (non-hydrogen) atoms. The lowest BCUT2D eigenvalue weighted by atomic mass is 9.92. The summed E-state index contributed by atoms with van der Waals surface area (Å²) in [5.74, 6) is 0.634. The molecular formula is C29H40N6O. The fraction of sp³-hybridized carbons (Fsp3) is 0.448. The molecule has 2 heterocycles. The summed E-state index contributed by atoms with van der Waals surface area (Å²) < 4.78 is 1.79. The number of nitrogens with one attached hydrogen (secondary N) is 2. The minimum atomic E-state index is -0.296. The third-order valence-corrected chi connectivity index (χ3v) is 6.72. The van der Waals surface area contributed by atoms with Gasteiger partial charge in [0.25, 0.3) is 0 Å². The fourth-order valence-electron chi connectivity index (χ4n) is 4.39. The van der Waals surface area contributed by atoms with E-state index in [1.807, 2.05) is 42.5 Å². The first-order valence-electron chi connectivity index (χ1n) is 12.8. The molecule has 2 aromatic carbocycles. The highest BCUT2D eigenvalue weighted by Gasteiger charge is 2.26. The van der Waals surface area contributed by atoms with E-state index >= 15 is 0 Å². The Kier molecular flexibility index (Phi) is 7.14. The van der Waals surface area contributed by atoms with Gasteiger partial charge in [0.15, 0.2) is 0 Å². The zero-order chi connectivity index (χ0) is 26.1. The highest BCUT2D eigenvalue weighted by molar-refractivity contribution is 5.99. The summed E-state index contributed by atoms with van der Waals surface area (Å²) in [6.45, 7) is 19.3. The van der Waals surface area contributed by atoms with Gasteiger partial charge in [-0.2, -0.15) is 5.10 Å². The molecular weight excluding hydrogens is 448 g/mol. The number of amides is 2. The maximum absolute atomic E-state index is 12.9. The molecule has 0 spiro atoms. The van der Waals surface area contributed by atoms with Gasteiger partial charge in [0, 0.05) is 54.6 Å². The Hall–Kier alpha value is -3.32. The van der Waals surface area contributed by atoms with Crippen LogP contribution in [0.1, 0.15) is 52.8 Å². The third-order valence-electron chi connectivity index (χ3n) is 6.72. The maximum Gasteiger partial charge on any atom is 0.324 e. The highest BCUT2D eigenvalue weighted by atomic mass is 16.2. The predicted molar refractivity (Wildman–Crippen MR) is 150 cm³/mol. The Balaban J connectivity index is 1.43. The molecule has 2 amide bonds. The largest absolute Gasteiger partial charge is 0.369 e. The fourth-order valence-corrected chi connectivity index (χ4v) is 4.39. The van der Waals surface area contributed by atoms with Crippen molar-refractivity contribution in [2.75, 3.05) is 41.7 Å². The van der Waals surface area contributed by atoms with Crippen molar-refractivity contribution in [3.63, 3.8) is 0 Å². The quantitative estimate of drug-likeness (QED) is 0.470. The van der Waals surface area contributed by atoms with Crippen LogP contribution in [-0.2, 0) is 5.41 Å². The van der Waals surface area contributed by atoms with Gasteiger partial charge < -0.3 is 10.2 Å². The molecule has 1 fully saturated rings. The van der Waals surface area contributed by atoms with Crippen molar-refractivity contribution in [3.05, 3.63) is 65.9 Å². The summed E-state index contributed by atoms with van der Waals surface area (Å²) in [7, 11) is 0. The van der Waals surface area contributed by atoms with Gasteiger partial charge in [-0.25, -0.2) is 9.48 Å². The number of nitrogens with zero attached hydrogens (tertiary/aromatic N) is 4. The van der Waals surface area contributed by atoms with Crippen molar-refractivity contribution in [1.29, 1.82) is 0 Å². The second-order valence-corrected chi connectivity index (χ2v) is 11.7. The first kappa shape index (κ1) is 25.8. The molecule has 3 aromatic rings. The van der Waals surface area contributed by atoms with Gasteiger partial charge in [0.1, 0.15) is 5.82 Å². The number of aryl methyl sites for hydroxylation is 1. The molecule has 0 saturated carbocycles. The molecule has 1 aliphatic heterocycles. The van der Waals surface area contributed by atoms with Crippen LogP contribution in [0.5, 0.6) is 0 Å². The molecule has 1 aliphatic rings. The lowest BCUT2D eigenvalue weighted by Crippen LogP contribution is -2.53. The molecule has 0 bridgehead atoms. The Labute approximate surface area is 215 Å². The van der Waals surface area contributed by atoms with Crippen molar-refractivity contribution >= 4 is 23.2 Å². The zero-order valence-electron chi connectivity index (χ0n) is 22.7. The van der Waals surface area contributed by atoms with E-state index in [0.29, 0.717) is 5.82 Å². The Morgan fingerprint density at radius 3 is 1.94 bits per heavy atom. The molecule has 7 heteroatoms. The monoisotopic (exact) mass is 488 g/mol. The molecule has 7 nitrogen and oxygen atoms in total. The van der Waals surface area contributed by atoms with Gasteiger partial charge in [0.2, 0.25) is 0 Å². The van der Waals surface area contributed by atoms with Gasteiger partial charge in [-0.05, 0) is 64.1 Å². The predicted octanol–water partition coefficient (Wildman–Crippen LogP) is 6.04. The number of anilines is 3. The van der Waals surface area contributed by atoms with Crippen molar-refractivity contribution in [1.82, 2.24) is 14.7 Å². The first-order chi connectivity index (χ1) is 16.9. The van der Waals surface area contributed by atoms with Crippen LogP contribution in [0.15, 0.2) is 54.6 Å². The summed E-state index contributed by atoms with van der Waals surface area (Å²) in [5.41, 5.74) is 4.99. The number of rotatable bonds is 4. The van der Waals surface area contributed by atoms with Gasteiger partial charge >= 0.3 is 6.03 Å². The molecule has 0 atom stereocenters. The van der Waals surface area contributed by atoms with Crippen LogP contribution < -0.4 is 15.5 Å². The smallest absolute Gasteiger partial charge is 0.324 e. The number of carbonyl (C=O) groups is 1. The van der Waals surface area contributed by atoms with E-state index in [1.54, 1.807) is 4.68 Å². The van der Waals surface area contributed by atoms with Gasteiger partial charge in [-0.3, -0.25) is 10.2 Å². The highest BCUT2D eigenvalue weighted by Crippen LogP contribution is 2.27. The molecule has 2 N–H and O–H groups in total. The van der Waals surface area contributed by atoms with Gasteiger partial charge in [0.05, 0.1) is 11.4 Å². The topological polar surface area (TPSA) is 65.4 Å². The average Bonchev–Trinajstić information content (AvgIpc) is 3.24. The van der Waals surface area contributed by atoms with Crippen LogP contribution in [0, 0.1) is 6.92 Å². The summed E-state index contributed by atoms with van der Waals surface area (Å²) in [4.78, 5) is 17.8. The van der Waals surface area contributed by atoms with Crippen molar-refractivity contribution < 1.29 is 4.79 Å². The maximum atomic E-state index is 12.9. The molecule has 0 unspecified atom stereocenters. The number of benzene rings is 2. The SMILES string of the molecule is Cc1ccc(-n2nc(C(C)(C)C)cc2NC(=O)Nc2ccc(N3CCN(C(C)(C)C)CC3)cc2)cc1. The molecule has 0 aliphatic carbocycles. The zero-order valence-corrected chi connectivity index (χ0v) is 22.7. The molecule has 1 saturated heterocycles. The van der Waals surface area contributed by atoms with Crippen LogP contribution >= 0.6 is 0 Å². The normalized spacial score (nSPS) is 15.1. The average molecular weight is 489 g/mol. The van der Waals surface area contributed by atoms with Crippen LogP contribution in [0.25, 0.3) is 5.69 Å². The number of aromatic nitrogens is 2. The van der Waals surface area contributed by atoms with Crippen LogP contribution in [0.2, 0.25) is 0 Å². The van der Waals surface area contributed by atoms with E-state index in [-0.39, 0.29) is 17.0 Å². The van der Waals surface area contributed by atoms with Crippen LogP contribution in [-0.4, -0.2) is 52.4 Å². The number of urea groups is 1. The van der Waals surface area contributed by atoms with Gasteiger partial charge in [-0.15, -0.1) is 0 Å². The lowest BCUT2D eigenvalue weighted by Gasteiger charge is -2.43.